The molecule has 3 rings (SSSR count). The average molecular weight is 310 g/mol. The van der Waals surface area contributed by atoms with Gasteiger partial charge in [0.1, 0.15) is 0 Å². The zero-order chi connectivity index (χ0) is 12.7. The van der Waals surface area contributed by atoms with E-state index in [2.05, 4.69) is 31.4 Å². The SMILES string of the molecule is O=C1CCN(c2nnc3cc(Br)ccn23)C(=O)N1. The van der Waals surface area contributed by atoms with Crippen LogP contribution in [-0.4, -0.2) is 33.1 Å². The molecule has 0 spiro atoms. The van der Waals surface area contributed by atoms with Gasteiger partial charge >= 0.3 is 6.03 Å². The van der Waals surface area contributed by atoms with Crippen LogP contribution in [0.25, 0.3) is 5.65 Å². The summed E-state index contributed by atoms with van der Waals surface area (Å²) in [7, 11) is 0. The highest BCUT2D eigenvalue weighted by Gasteiger charge is 2.27. The van der Waals surface area contributed by atoms with Crippen molar-refractivity contribution in [1.82, 2.24) is 19.9 Å². The van der Waals surface area contributed by atoms with Crippen molar-refractivity contribution in [1.29, 1.82) is 0 Å². The van der Waals surface area contributed by atoms with E-state index in [4.69, 9.17) is 0 Å². The van der Waals surface area contributed by atoms with Gasteiger partial charge in [0.05, 0.1) is 0 Å². The minimum Gasteiger partial charge on any atom is -0.278 e. The highest BCUT2D eigenvalue weighted by molar-refractivity contribution is 9.10. The van der Waals surface area contributed by atoms with Gasteiger partial charge in [-0.2, -0.15) is 0 Å². The van der Waals surface area contributed by atoms with Crippen molar-refractivity contribution in [3.63, 3.8) is 0 Å². The molecule has 8 heteroatoms. The number of nitrogens with zero attached hydrogens (tertiary/aromatic N) is 4. The molecular formula is C10H8BrN5O2. The number of rotatable bonds is 1. The van der Waals surface area contributed by atoms with Crippen molar-refractivity contribution >= 4 is 39.5 Å². The third-order valence-electron chi connectivity index (χ3n) is 2.65. The molecule has 1 fully saturated rings. The summed E-state index contributed by atoms with van der Waals surface area (Å²) < 4.78 is 2.58. The topological polar surface area (TPSA) is 79.6 Å². The first-order valence-corrected chi connectivity index (χ1v) is 6.06. The molecule has 92 valence electrons. The van der Waals surface area contributed by atoms with Gasteiger partial charge in [-0.15, -0.1) is 10.2 Å². The van der Waals surface area contributed by atoms with E-state index in [1.54, 1.807) is 16.7 Å². The normalized spacial score (nSPS) is 16.2. The number of anilines is 1. The maximum Gasteiger partial charge on any atom is 0.330 e. The number of carbonyl (C=O) groups excluding carboxylic acids is 2. The molecule has 0 saturated carbocycles. The number of imide groups is 1. The van der Waals surface area contributed by atoms with E-state index < -0.39 is 6.03 Å². The minimum atomic E-state index is -0.469. The van der Waals surface area contributed by atoms with Crippen molar-refractivity contribution in [2.24, 2.45) is 0 Å². The van der Waals surface area contributed by atoms with Gasteiger partial charge in [-0.05, 0) is 12.1 Å². The van der Waals surface area contributed by atoms with E-state index in [0.29, 0.717) is 18.1 Å². The van der Waals surface area contributed by atoms with Gasteiger partial charge in [-0.1, -0.05) is 15.9 Å². The molecule has 3 heterocycles. The second-order valence-electron chi connectivity index (χ2n) is 3.83. The van der Waals surface area contributed by atoms with Crippen LogP contribution in [0, 0.1) is 0 Å². The fourth-order valence-corrected chi connectivity index (χ4v) is 2.12. The molecule has 3 amide bonds. The van der Waals surface area contributed by atoms with E-state index in [-0.39, 0.29) is 12.3 Å². The van der Waals surface area contributed by atoms with E-state index in [1.165, 1.54) is 4.90 Å². The Balaban J connectivity index is 2.04. The van der Waals surface area contributed by atoms with Crippen LogP contribution in [0.15, 0.2) is 22.8 Å². The summed E-state index contributed by atoms with van der Waals surface area (Å²) in [4.78, 5) is 24.2. The lowest BCUT2D eigenvalue weighted by atomic mass is 10.3. The standard InChI is InChI=1S/C10H8BrN5O2/c11-6-1-3-15-7(5-6)13-14-9(15)16-4-2-8(17)12-10(16)18/h1,3,5H,2,4H2,(H,12,17,18). The van der Waals surface area contributed by atoms with Crippen LogP contribution >= 0.6 is 15.9 Å². The molecule has 0 bridgehead atoms. The van der Waals surface area contributed by atoms with Crippen molar-refractivity contribution < 1.29 is 9.59 Å². The molecule has 2 aromatic rings. The highest BCUT2D eigenvalue weighted by atomic mass is 79.9. The number of hydrogen-bond donors (Lipinski definition) is 1. The van der Waals surface area contributed by atoms with Crippen LogP contribution < -0.4 is 10.2 Å². The fourth-order valence-electron chi connectivity index (χ4n) is 1.79. The van der Waals surface area contributed by atoms with E-state index in [1.807, 2.05) is 6.07 Å². The first-order chi connectivity index (χ1) is 8.65. The predicted octanol–water partition coefficient (Wildman–Crippen LogP) is 0.938. The Bertz CT molecular complexity index is 653. The maximum atomic E-state index is 11.7. The molecular weight excluding hydrogens is 302 g/mol. The average Bonchev–Trinajstić information content (AvgIpc) is 2.72. The van der Waals surface area contributed by atoms with Crippen molar-refractivity contribution in [3.8, 4) is 0 Å². The zero-order valence-electron chi connectivity index (χ0n) is 9.13. The number of urea groups is 1. The van der Waals surface area contributed by atoms with E-state index >= 15 is 0 Å². The second kappa shape index (κ2) is 4.05. The summed E-state index contributed by atoms with van der Waals surface area (Å²) >= 11 is 3.34. The Morgan fingerprint density at radius 1 is 1.33 bits per heavy atom. The molecule has 1 saturated heterocycles. The second-order valence-corrected chi connectivity index (χ2v) is 4.74. The smallest absolute Gasteiger partial charge is 0.278 e. The number of amides is 3. The van der Waals surface area contributed by atoms with Crippen molar-refractivity contribution in [2.45, 2.75) is 6.42 Å². The lowest BCUT2D eigenvalue weighted by Gasteiger charge is -2.24. The number of fused-ring (bicyclic) bond motifs is 1. The zero-order valence-corrected chi connectivity index (χ0v) is 10.7. The molecule has 0 unspecified atom stereocenters. The summed E-state index contributed by atoms with van der Waals surface area (Å²) in [6.45, 7) is 0.307. The highest BCUT2D eigenvalue weighted by Crippen LogP contribution is 2.19. The first kappa shape index (κ1) is 11.1. The third-order valence-corrected chi connectivity index (χ3v) is 3.14. The molecule has 0 aromatic carbocycles. The molecule has 1 aliphatic heterocycles. The third kappa shape index (κ3) is 1.74. The number of hydrogen-bond acceptors (Lipinski definition) is 4. The van der Waals surface area contributed by atoms with E-state index in [0.717, 1.165) is 4.47 Å². The van der Waals surface area contributed by atoms with Gasteiger partial charge in [0.15, 0.2) is 5.65 Å². The van der Waals surface area contributed by atoms with Gasteiger partial charge in [0.25, 0.3) is 0 Å². The number of aromatic nitrogens is 3. The van der Waals surface area contributed by atoms with Crippen molar-refractivity contribution in [2.75, 3.05) is 11.4 Å². The van der Waals surface area contributed by atoms with Gasteiger partial charge in [0.2, 0.25) is 11.9 Å². The summed E-state index contributed by atoms with van der Waals surface area (Å²) in [6, 6.07) is 3.15. The number of nitrogens with one attached hydrogen (secondary N) is 1. The van der Waals surface area contributed by atoms with Crippen LogP contribution in [0.2, 0.25) is 0 Å². The van der Waals surface area contributed by atoms with Gasteiger partial charge < -0.3 is 0 Å². The Kier molecular flexibility index (Phi) is 2.51. The Labute approximate surface area is 110 Å². The molecule has 2 aromatic heterocycles. The fraction of sp³-hybridized carbons (Fsp3) is 0.200. The minimum absolute atomic E-state index is 0.261. The summed E-state index contributed by atoms with van der Waals surface area (Å²) in [5.41, 5.74) is 0.629. The summed E-state index contributed by atoms with van der Waals surface area (Å²) in [6.07, 6.45) is 2.02. The van der Waals surface area contributed by atoms with Crippen LogP contribution in [0.3, 0.4) is 0 Å². The molecule has 0 radical (unpaired) electrons. The number of halogens is 1. The summed E-state index contributed by atoms with van der Waals surface area (Å²) in [5.74, 6) is 0.135. The van der Waals surface area contributed by atoms with Crippen LogP contribution in [0.4, 0.5) is 10.7 Å². The van der Waals surface area contributed by atoms with Gasteiger partial charge in [-0.3, -0.25) is 19.4 Å². The molecule has 1 N–H and O–H groups in total. The monoisotopic (exact) mass is 309 g/mol. The molecule has 0 aliphatic carbocycles. The largest absolute Gasteiger partial charge is 0.330 e. The Hall–Kier alpha value is -1.96. The molecule has 0 atom stereocenters. The predicted molar refractivity (Wildman–Crippen MR) is 66.2 cm³/mol. The number of carbonyl (C=O) groups is 2. The Morgan fingerprint density at radius 2 is 2.17 bits per heavy atom. The quantitative estimate of drug-likeness (QED) is 0.850. The van der Waals surface area contributed by atoms with E-state index in [9.17, 15) is 9.59 Å². The lowest BCUT2D eigenvalue weighted by Crippen LogP contribution is -2.50. The first-order valence-electron chi connectivity index (χ1n) is 5.27. The van der Waals surface area contributed by atoms with Gasteiger partial charge in [0, 0.05) is 23.6 Å². The molecule has 18 heavy (non-hydrogen) atoms. The van der Waals surface area contributed by atoms with Crippen LogP contribution in [0.5, 0.6) is 0 Å². The molecule has 7 nitrogen and oxygen atoms in total. The molecule has 1 aliphatic rings. The van der Waals surface area contributed by atoms with Crippen molar-refractivity contribution in [3.05, 3.63) is 22.8 Å². The summed E-state index contributed by atoms with van der Waals surface area (Å²) in [5, 5.41) is 10.2. The van der Waals surface area contributed by atoms with Gasteiger partial charge in [-0.25, -0.2) is 4.79 Å². The lowest BCUT2D eigenvalue weighted by molar-refractivity contribution is -0.120. The van der Waals surface area contributed by atoms with Crippen LogP contribution in [0.1, 0.15) is 6.42 Å². The maximum absolute atomic E-state index is 11.7. The Morgan fingerprint density at radius 3 is 2.94 bits per heavy atom. The number of pyridine rings is 1. The van der Waals surface area contributed by atoms with Crippen LogP contribution in [-0.2, 0) is 4.79 Å².